The third-order valence-electron chi connectivity index (χ3n) is 5.29. The number of piperidine rings is 1. The molecule has 1 aliphatic rings. The van der Waals surface area contributed by atoms with Gasteiger partial charge in [-0.15, -0.1) is 0 Å². The van der Waals surface area contributed by atoms with E-state index in [4.69, 9.17) is 0 Å². The number of nitrogens with zero attached hydrogens (tertiary/aromatic N) is 3. The Morgan fingerprint density at radius 1 is 1.25 bits per heavy atom. The first-order valence-electron chi connectivity index (χ1n) is 10.2. The largest absolute Gasteiger partial charge is 0.370 e. The van der Waals surface area contributed by atoms with Crippen molar-refractivity contribution < 1.29 is 4.79 Å². The van der Waals surface area contributed by atoms with Gasteiger partial charge in [-0.3, -0.25) is 4.79 Å². The lowest BCUT2D eigenvalue weighted by Gasteiger charge is -2.33. The molecule has 2 heterocycles. The first-order chi connectivity index (χ1) is 13.5. The summed E-state index contributed by atoms with van der Waals surface area (Å²) >= 11 is 0. The van der Waals surface area contributed by atoms with Crippen LogP contribution in [-0.2, 0) is 4.79 Å². The van der Waals surface area contributed by atoms with Crippen LogP contribution in [0.4, 0.5) is 17.3 Å². The highest BCUT2D eigenvalue weighted by molar-refractivity contribution is 5.91. The summed E-state index contributed by atoms with van der Waals surface area (Å²) in [5.41, 5.74) is 3.23. The zero-order valence-electron chi connectivity index (χ0n) is 17.2. The van der Waals surface area contributed by atoms with Gasteiger partial charge in [-0.05, 0) is 57.6 Å². The molecule has 0 aliphatic carbocycles. The van der Waals surface area contributed by atoms with Crippen molar-refractivity contribution >= 4 is 23.2 Å². The Bertz CT molecular complexity index is 807. The summed E-state index contributed by atoms with van der Waals surface area (Å²) in [6, 6.07) is 8.13. The number of benzene rings is 1. The Kier molecular flexibility index (Phi) is 6.85. The monoisotopic (exact) mass is 381 g/mol. The van der Waals surface area contributed by atoms with Crippen LogP contribution in [-0.4, -0.2) is 35.5 Å². The second-order valence-electron chi connectivity index (χ2n) is 7.65. The first kappa shape index (κ1) is 20.1. The van der Waals surface area contributed by atoms with Crippen molar-refractivity contribution in [3.8, 4) is 0 Å². The van der Waals surface area contributed by atoms with E-state index in [0.29, 0.717) is 12.3 Å². The topological polar surface area (TPSA) is 70.2 Å². The van der Waals surface area contributed by atoms with Crippen LogP contribution in [0.15, 0.2) is 30.6 Å². The standard InChI is InChI=1S/C22H31N5O/c1-4-23-20-13-21(25-15-24-20)27-11-5-6-18(14-27)8-10-22(28)26-19-9-7-16(2)12-17(19)3/h7,9,12-13,15,18H,4-6,8,10-11,14H2,1-3H3,(H,26,28)(H,23,24,25)/t18-/m0/s1. The van der Waals surface area contributed by atoms with E-state index < -0.39 is 0 Å². The Balaban J connectivity index is 1.52. The number of amides is 1. The third-order valence-corrected chi connectivity index (χ3v) is 5.29. The molecule has 1 fully saturated rings. The minimum atomic E-state index is 0.0977. The summed E-state index contributed by atoms with van der Waals surface area (Å²) in [6.07, 6.45) is 5.37. The fourth-order valence-corrected chi connectivity index (χ4v) is 3.81. The molecule has 0 radical (unpaired) electrons. The summed E-state index contributed by atoms with van der Waals surface area (Å²) in [6.45, 7) is 8.95. The highest BCUT2D eigenvalue weighted by Gasteiger charge is 2.22. The highest BCUT2D eigenvalue weighted by atomic mass is 16.1. The van der Waals surface area contributed by atoms with Crippen LogP contribution in [0.25, 0.3) is 0 Å². The molecule has 0 bridgehead atoms. The van der Waals surface area contributed by atoms with Gasteiger partial charge in [0.1, 0.15) is 18.0 Å². The van der Waals surface area contributed by atoms with Crippen molar-refractivity contribution in [2.45, 2.75) is 46.5 Å². The van der Waals surface area contributed by atoms with Crippen molar-refractivity contribution in [3.63, 3.8) is 0 Å². The van der Waals surface area contributed by atoms with Gasteiger partial charge in [0.05, 0.1) is 0 Å². The fourth-order valence-electron chi connectivity index (χ4n) is 3.81. The smallest absolute Gasteiger partial charge is 0.224 e. The SMILES string of the molecule is CCNc1cc(N2CCC[C@@H](CCC(=O)Nc3ccc(C)cc3C)C2)ncn1. The molecule has 1 aliphatic heterocycles. The summed E-state index contributed by atoms with van der Waals surface area (Å²) in [5.74, 6) is 2.44. The van der Waals surface area contributed by atoms with Gasteiger partial charge < -0.3 is 15.5 Å². The van der Waals surface area contributed by atoms with Crippen molar-refractivity contribution in [1.29, 1.82) is 0 Å². The molecule has 150 valence electrons. The van der Waals surface area contributed by atoms with Crippen molar-refractivity contribution in [2.24, 2.45) is 5.92 Å². The lowest BCUT2D eigenvalue weighted by atomic mass is 9.93. The minimum Gasteiger partial charge on any atom is -0.370 e. The van der Waals surface area contributed by atoms with Crippen LogP contribution >= 0.6 is 0 Å². The number of hydrogen-bond donors (Lipinski definition) is 2. The first-order valence-corrected chi connectivity index (χ1v) is 10.2. The highest BCUT2D eigenvalue weighted by Crippen LogP contribution is 2.26. The Morgan fingerprint density at radius 3 is 2.89 bits per heavy atom. The number of rotatable bonds is 7. The predicted molar refractivity (Wildman–Crippen MR) is 115 cm³/mol. The molecule has 0 saturated carbocycles. The molecule has 2 aromatic rings. The van der Waals surface area contributed by atoms with E-state index in [2.05, 4.69) is 45.4 Å². The molecule has 2 N–H and O–H groups in total. The average Bonchev–Trinajstić information content (AvgIpc) is 2.69. The van der Waals surface area contributed by atoms with Gasteiger partial charge in [-0.25, -0.2) is 9.97 Å². The van der Waals surface area contributed by atoms with Gasteiger partial charge in [0, 0.05) is 37.8 Å². The maximum absolute atomic E-state index is 12.4. The summed E-state index contributed by atoms with van der Waals surface area (Å²) in [7, 11) is 0. The number of hydrogen-bond acceptors (Lipinski definition) is 5. The molecule has 28 heavy (non-hydrogen) atoms. The molecule has 0 spiro atoms. The lowest BCUT2D eigenvalue weighted by molar-refractivity contribution is -0.116. The molecule has 1 amide bonds. The van der Waals surface area contributed by atoms with Crippen LogP contribution in [0.1, 0.15) is 43.7 Å². The van der Waals surface area contributed by atoms with E-state index in [9.17, 15) is 4.79 Å². The van der Waals surface area contributed by atoms with Gasteiger partial charge in [0.25, 0.3) is 0 Å². The summed E-state index contributed by atoms with van der Waals surface area (Å²) in [5, 5.41) is 6.30. The van der Waals surface area contributed by atoms with Crippen LogP contribution in [0.5, 0.6) is 0 Å². The maximum atomic E-state index is 12.4. The molecule has 6 nitrogen and oxygen atoms in total. The van der Waals surface area contributed by atoms with E-state index >= 15 is 0 Å². The minimum absolute atomic E-state index is 0.0977. The van der Waals surface area contributed by atoms with Gasteiger partial charge in [-0.2, -0.15) is 0 Å². The van der Waals surface area contributed by atoms with Crippen molar-refractivity contribution in [2.75, 3.05) is 35.2 Å². The molecule has 1 aromatic carbocycles. The van der Waals surface area contributed by atoms with Crippen LogP contribution < -0.4 is 15.5 Å². The lowest BCUT2D eigenvalue weighted by Crippen LogP contribution is -2.36. The van der Waals surface area contributed by atoms with Crippen molar-refractivity contribution in [1.82, 2.24) is 9.97 Å². The van der Waals surface area contributed by atoms with Crippen molar-refractivity contribution in [3.05, 3.63) is 41.7 Å². The van der Waals surface area contributed by atoms with E-state index in [1.807, 2.05) is 25.1 Å². The third kappa shape index (κ3) is 5.44. The number of nitrogens with one attached hydrogen (secondary N) is 2. The van der Waals surface area contributed by atoms with E-state index in [-0.39, 0.29) is 5.91 Å². The van der Waals surface area contributed by atoms with Crippen LogP contribution in [0.3, 0.4) is 0 Å². The molecule has 0 unspecified atom stereocenters. The Morgan fingerprint density at radius 2 is 2.11 bits per heavy atom. The fraction of sp³-hybridized carbons (Fsp3) is 0.500. The van der Waals surface area contributed by atoms with Gasteiger partial charge in [0.2, 0.25) is 5.91 Å². The molecule has 6 heteroatoms. The zero-order chi connectivity index (χ0) is 19.9. The van der Waals surface area contributed by atoms with E-state index in [1.165, 1.54) is 12.0 Å². The van der Waals surface area contributed by atoms with Gasteiger partial charge >= 0.3 is 0 Å². The Hall–Kier alpha value is -2.63. The van der Waals surface area contributed by atoms with Crippen LogP contribution in [0, 0.1) is 19.8 Å². The summed E-state index contributed by atoms with van der Waals surface area (Å²) < 4.78 is 0. The summed E-state index contributed by atoms with van der Waals surface area (Å²) in [4.78, 5) is 23.4. The number of anilines is 3. The molecule has 3 rings (SSSR count). The predicted octanol–water partition coefficient (Wildman–Crippen LogP) is 4.16. The molecule has 1 atom stereocenters. The number of carbonyl (C=O) groups is 1. The zero-order valence-corrected chi connectivity index (χ0v) is 17.2. The van der Waals surface area contributed by atoms with E-state index in [1.54, 1.807) is 6.33 Å². The van der Waals surface area contributed by atoms with Crippen LogP contribution in [0.2, 0.25) is 0 Å². The second-order valence-corrected chi connectivity index (χ2v) is 7.65. The number of aryl methyl sites for hydroxylation is 2. The van der Waals surface area contributed by atoms with Gasteiger partial charge in [0.15, 0.2) is 0 Å². The molecular weight excluding hydrogens is 350 g/mol. The quantitative estimate of drug-likeness (QED) is 0.754. The maximum Gasteiger partial charge on any atom is 0.224 e. The number of aromatic nitrogens is 2. The van der Waals surface area contributed by atoms with E-state index in [0.717, 1.165) is 55.4 Å². The normalized spacial score (nSPS) is 16.7. The average molecular weight is 382 g/mol. The Labute approximate surface area is 167 Å². The van der Waals surface area contributed by atoms with Gasteiger partial charge in [-0.1, -0.05) is 17.7 Å². The second kappa shape index (κ2) is 9.53. The number of carbonyl (C=O) groups excluding carboxylic acids is 1. The molecular formula is C22H31N5O. The molecule has 1 saturated heterocycles. The molecule has 1 aromatic heterocycles.